The first-order chi connectivity index (χ1) is 7.17. The van der Waals surface area contributed by atoms with Gasteiger partial charge in [-0.05, 0) is 12.5 Å². The Bertz CT molecular complexity index is 399. The van der Waals surface area contributed by atoms with Gasteiger partial charge in [-0.15, -0.1) is 0 Å². The van der Waals surface area contributed by atoms with Gasteiger partial charge in [-0.2, -0.15) is 5.26 Å². The number of hydrogen-bond acceptors (Lipinski definition) is 5. The first-order valence-corrected chi connectivity index (χ1v) is 4.40. The van der Waals surface area contributed by atoms with Gasteiger partial charge >= 0.3 is 5.97 Å². The maximum absolute atomic E-state index is 10.7. The fraction of sp³-hybridized carbons (Fsp3) is 0.333. The van der Waals surface area contributed by atoms with Crippen LogP contribution in [0.2, 0.25) is 0 Å². The molecule has 0 unspecified atom stereocenters. The summed E-state index contributed by atoms with van der Waals surface area (Å²) in [5.74, 6) is -0.592. The molecule has 0 spiro atoms. The lowest BCUT2D eigenvalue weighted by atomic mass is 10.2. The van der Waals surface area contributed by atoms with Crippen LogP contribution in [0.4, 0.5) is 5.82 Å². The summed E-state index contributed by atoms with van der Waals surface area (Å²) in [6.45, 7) is 1.75. The highest BCUT2D eigenvalue weighted by molar-refractivity contribution is 5.76. The van der Waals surface area contributed by atoms with Crippen molar-refractivity contribution in [1.82, 2.24) is 9.97 Å². The molecule has 0 bridgehead atoms. The molecule has 2 N–H and O–H groups in total. The monoisotopic (exact) mass is 206 g/mol. The van der Waals surface area contributed by atoms with Crippen molar-refractivity contribution in [2.45, 2.75) is 19.4 Å². The van der Waals surface area contributed by atoms with Gasteiger partial charge in [0.15, 0.2) is 0 Å². The summed E-state index contributed by atoms with van der Waals surface area (Å²) >= 11 is 0. The average Bonchev–Trinajstić information content (AvgIpc) is 2.25. The number of aliphatic carboxylic acids is 1. The molecule has 0 saturated carbocycles. The van der Waals surface area contributed by atoms with E-state index in [9.17, 15) is 4.79 Å². The number of carbonyl (C=O) groups is 1. The van der Waals surface area contributed by atoms with Crippen LogP contribution in [-0.2, 0) is 4.79 Å². The summed E-state index contributed by atoms with van der Waals surface area (Å²) < 4.78 is 0. The van der Waals surface area contributed by atoms with Gasteiger partial charge in [0, 0.05) is 6.20 Å². The molecular weight excluding hydrogens is 196 g/mol. The van der Waals surface area contributed by atoms with Crippen LogP contribution in [0.15, 0.2) is 12.3 Å². The van der Waals surface area contributed by atoms with Crippen LogP contribution in [0.25, 0.3) is 0 Å². The molecule has 6 heteroatoms. The van der Waals surface area contributed by atoms with Crippen LogP contribution in [0.5, 0.6) is 0 Å². The Hall–Kier alpha value is -2.16. The number of anilines is 1. The molecule has 1 atom stereocenters. The molecule has 0 fully saturated rings. The lowest BCUT2D eigenvalue weighted by Crippen LogP contribution is -2.28. The van der Waals surface area contributed by atoms with Gasteiger partial charge in [-0.3, -0.25) is 0 Å². The van der Waals surface area contributed by atoms with Crippen LogP contribution in [0.1, 0.15) is 19.2 Å². The molecular formula is C9H10N4O2. The van der Waals surface area contributed by atoms with E-state index in [1.54, 1.807) is 13.0 Å². The van der Waals surface area contributed by atoms with Crippen molar-refractivity contribution in [1.29, 1.82) is 5.26 Å². The molecule has 6 nitrogen and oxygen atoms in total. The summed E-state index contributed by atoms with van der Waals surface area (Å²) in [7, 11) is 0. The molecule has 78 valence electrons. The highest BCUT2D eigenvalue weighted by atomic mass is 16.4. The van der Waals surface area contributed by atoms with Crippen LogP contribution in [0, 0.1) is 11.3 Å². The van der Waals surface area contributed by atoms with Crippen LogP contribution in [0.3, 0.4) is 0 Å². The maximum Gasteiger partial charge on any atom is 0.326 e. The Labute approximate surface area is 86.6 Å². The van der Waals surface area contributed by atoms with E-state index in [4.69, 9.17) is 10.4 Å². The fourth-order valence-corrected chi connectivity index (χ4v) is 1.01. The Morgan fingerprint density at radius 1 is 1.80 bits per heavy atom. The Balaban J connectivity index is 2.80. The summed E-state index contributed by atoms with van der Waals surface area (Å²) in [4.78, 5) is 18.2. The van der Waals surface area contributed by atoms with E-state index in [2.05, 4.69) is 15.3 Å². The highest BCUT2D eigenvalue weighted by Gasteiger charge is 2.14. The Morgan fingerprint density at radius 2 is 2.53 bits per heavy atom. The van der Waals surface area contributed by atoms with Crippen molar-refractivity contribution in [3.8, 4) is 6.07 Å². The Kier molecular flexibility index (Phi) is 3.57. The number of carboxylic acids is 1. The second-order valence-electron chi connectivity index (χ2n) is 2.82. The number of nitrogens with zero attached hydrogens (tertiary/aromatic N) is 3. The van der Waals surface area contributed by atoms with Crippen LogP contribution >= 0.6 is 0 Å². The van der Waals surface area contributed by atoms with Crippen molar-refractivity contribution in [3.05, 3.63) is 18.1 Å². The molecule has 1 aromatic heterocycles. The first kappa shape index (κ1) is 10.9. The second kappa shape index (κ2) is 4.91. The fourth-order valence-electron chi connectivity index (χ4n) is 1.01. The van der Waals surface area contributed by atoms with Gasteiger partial charge in [0.25, 0.3) is 0 Å². The largest absolute Gasteiger partial charge is 0.480 e. The zero-order valence-electron chi connectivity index (χ0n) is 8.14. The minimum Gasteiger partial charge on any atom is -0.480 e. The minimum absolute atomic E-state index is 0.0141. The van der Waals surface area contributed by atoms with Crippen molar-refractivity contribution in [3.63, 3.8) is 0 Å². The minimum atomic E-state index is -0.949. The SMILES string of the molecule is CC[C@@H](Nc1ccnc(C#N)n1)C(=O)O. The molecule has 0 aliphatic rings. The van der Waals surface area contributed by atoms with Crippen molar-refractivity contribution in [2.24, 2.45) is 0 Å². The molecule has 15 heavy (non-hydrogen) atoms. The Morgan fingerprint density at radius 3 is 3.07 bits per heavy atom. The third-order valence-electron chi connectivity index (χ3n) is 1.78. The molecule has 0 aliphatic carbocycles. The molecule has 0 aromatic carbocycles. The molecule has 1 rings (SSSR count). The van der Waals surface area contributed by atoms with Gasteiger partial charge in [0.2, 0.25) is 5.82 Å². The van der Waals surface area contributed by atoms with E-state index < -0.39 is 12.0 Å². The summed E-state index contributed by atoms with van der Waals surface area (Å²) in [6, 6.07) is 2.60. The van der Waals surface area contributed by atoms with E-state index in [1.165, 1.54) is 12.3 Å². The molecule has 0 amide bonds. The number of rotatable bonds is 4. The summed E-state index contributed by atoms with van der Waals surface area (Å²) in [5.41, 5.74) is 0. The van der Waals surface area contributed by atoms with E-state index >= 15 is 0 Å². The normalized spacial score (nSPS) is 11.5. The lowest BCUT2D eigenvalue weighted by Gasteiger charge is -2.12. The standard InChI is InChI=1S/C9H10N4O2/c1-2-6(9(14)15)12-7-3-4-11-8(5-10)13-7/h3-4,6H,2H2,1H3,(H,14,15)(H,11,12,13)/t6-/m1/s1. The van der Waals surface area contributed by atoms with Crippen molar-refractivity contribution < 1.29 is 9.90 Å². The third-order valence-corrected chi connectivity index (χ3v) is 1.78. The van der Waals surface area contributed by atoms with Crippen molar-refractivity contribution >= 4 is 11.8 Å². The average molecular weight is 206 g/mol. The first-order valence-electron chi connectivity index (χ1n) is 4.40. The molecule has 1 heterocycles. The zero-order valence-corrected chi connectivity index (χ0v) is 8.14. The van der Waals surface area contributed by atoms with Gasteiger partial charge in [0.05, 0.1) is 0 Å². The number of nitriles is 1. The van der Waals surface area contributed by atoms with Crippen LogP contribution < -0.4 is 5.32 Å². The number of aromatic nitrogens is 2. The molecule has 0 saturated heterocycles. The highest BCUT2D eigenvalue weighted by Crippen LogP contribution is 2.05. The number of carboxylic acid groups (broad SMARTS) is 1. The predicted octanol–water partition coefficient (Wildman–Crippen LogP) is 0.623. The second-order valence-corrected chi connectivity index (χ2v) is 2.82. The number of hydrogen-bond donors (Lipinski definition) is 2. The lowest BCUT2D eigenvalue weighted by molar-refractivity contribution is -0.137. The molecule has 1 aromatic rings. The molecule has 0 aliphatic heterocycles. The number of nitrogens with one attached hydrogen (secondary N) is 1. The predicted molar refractivity (Wildman–Crippen MR) is 52.1 cm³/mol. The third kappa shape index (κ3) is 2.91. The van der Waals surface area contributed by atoms with E-state index in [1.807, 2.05) is 0 Å². The van der Waals surface area contributed by atoms with E-state index in [-0.39, 0.29) is 5.82 Å². The smallest absolute Gasteiger partial charge is 0.326 e. The zero-order chi connectivity index (χ0) is 11.3. The van der Waals surface area contributed by atoms with E-state index in [0.717, 1.165) is 0 Å². The van der Waals surface area contributed by atoms with Crippen LogP contribution in [-0.4, -0.2) is 27.1 Å². The van der Waals surface area contributed by atoms with E-state index in [0.29, 0.717) is 12.2 Å². The van der Waals surface area contributed by atoms with Crippen molar-refractivity contribution in [2.75, 3.05) is 5.32 Å². The van der Waals surface area contributed by atoms with Gasteiger partial charge in [-0.25, -0.2) is 14.8 Å². The quantitative estimate of drug-likeness (QED) is 0.749. The van der Waals surface area contributed by atoms with Gasteiger partial charge in [-0.1, -0.05) is 6.92 Å². The topological polar surface area (TPSA) is 98.9 Å². The maximum atomic E-state index is 10.7. The summed E-state index contributed by atoms with van der Waals surface area (Å²) in [5, 5.41) is 20.0. The van der Waals surface area contributed by atoms with Gasteiger partial charge < -0.3 is 10.4 Å². The summed E-state index contributed by atoms with van der Waals surface area (Å²) in [6.07, 6.45) is 1.84. The van der Waals surface area contributed by atoms with Gasteiger partial charge in [0.1, 0.15) is 17.9 Å². The molecule has 0 radical (unpaired) electrons.